The minimum Gasteiger partial charge on any atom is -0.294 e. The number of halogens is 3. The molecule has 4 nitrogen and oxygen atoms in total. The average Bonchev–Trinajstić information content (AvgIpc) is 2.67. The highest BCUT2D eigenvalue weighted by molar-refractivity contribution is 5.40. The number of non-ortho nitro benzene ring substituents is 1. The van der Waals surface area contributed by atoms with Gasteiger partial charge in [0.15, 0.2) is 0 Å². The zero-order chi connectivity index (χ0) is 15.8. The number of alkyl halides is 3. The second-order valence-corrected chi connectivity index (χ2v) is 5.98. The maximum absolute atomic E-state index is 12.8. The van der Waals surface area contributed by atoms with Crippen molar-refractivity contribution in [2.75, 3.05) is 6.54 Å². The first-order valence-corrected chi connectivity index (χ1v) is 6.70. The fraction of sp³-hybridized carbons (Fsp3) is 0.571. The van der Waals surface area contributed by atoms with Gasteiger partial charge in [0.1, 0.15) is 0 Å². The van der Waals surface area contributed by atoms with E-state index >= 15 is 0 Å². The van der Waals surface area contributed by atoms with Crippen molar-refractivity contribution >= 4 is 5.69 Å². The van der Waals surface area contributed by atoms with E-state index in [1.165, 1.54) is 6.07 Å². The molecule has 0 amide bonds. The summed E-state index contributed by atoms with van der Waals surface area (Å²) >= 11 is 0. The number of rotatable bonds is 3. The Hall–Kier alpha value is -1.63. The summed E-state index contributed by atoms with van der Waals surface area (Å²) in [6.45, 7) is 5.14. The Morgan fingerprint density at radius 2 is 2.00 bits per heavy atom. The number of likely N-dealkylation sites (tertiary alicyclic amines) is 1. The van der Waals surface area contributed by atoms with Gasteiger partial charge in [-0.05, 0) is 44.9 Å². The first-order valence-electron chi connectivity index (χ1n) is 6.70. The highest BCUT2D eigenvalue weighted by atomic mass is 19.4. The van der Waals surface area contributed by atoms with E-state index in [9.17, 15) is 23.3 Å². The SMILES string of the molecule is CC1(C)CCCN1Cc1cc([N+](=O)[O-])cc(C(F)(F)F)c1. The van der Waals surface area contributed by atoms with Gasteiger partial charge in [-0.15, -0.1) is 0 Å². The third-order valence-electron chi connectivity index (χ3n) is 3.96. The molecule has 0 aliphatic carbocycles. The Balaban J connectivity index is 2.35. The highest BCUT2D eigenvalue weighted by Gasteiger charge is 2.35. The number of hydrogen-bond acceptors (Lipinski definition) is 3. The van der Waals surface area contributed by atoms with Crippen LogP contribution in [0.1, 0.15) is 37.8 Å². The van der Waals surface area contributed by atoms with E-state index in [0.29, 0.717) is 11.6 Å². The van der Waals surface area contributed by atoms with Crippen molar-refractivity contribution in [3.05, 3.63) is 39.4 Å². The Morgan fingerprint density at radius 3 is 2.48 bits per heavy atom. The van der Waals surface area contributed by atoms with Gasteiger partial charge >= 0.3 is 6.18 Å². The molecule has 1 heterocycles. The van der Waals surface area contributed by atoms with Crippen LogP contribution in [0.25, 0.3) is 0 Å². The molecule has 0 unspecified atom stereocenters. The molecule has 7 heteroatoms. The third kappa shape index (κ3) is 3.53. The average molecular weight is 302 g/mol. The monoisotopic (exact) mass is 302 g/mol. The minimum absolute atomic E-state index is 0.0942. The molecule has 0 radical (unpaired) electrons. The molecule has 116 valence electrons. The summed E-state index contributed by atoms with van der Waals surface area (Å²) in [5.41, 5.74) is -1.25. The summed E-state index contributed by atoms with van der Waals surface area (Å²) in [6, 6.07) is 2.81. The van der Waals surface area contributed by atoms with Crippen LogP contribution in [0.3, 0.4) is 0 Å². The van der Waals surface area contributed by atoms with E-state index in [4.69, 9.17) is 0 Å². The Kier molecular flexibility index (Phi) is 3.97. The number of nitrogens with zero attached hydrogens (tertiary/aromatic N) is 2. The Labute approximate surface area is 120 Å². The van der Waals surface area contributed by atoms with Crippen molar-refractivity contribution in [2.45, 2.75) is 44.9 Å². The van der Waals surface area contributed by atoms with Crippen LogP contribution in [0.4, 0.5) is 18.9 Å². The van der Waals surface area contributed by atoms with Gasteiger partial charge in [0.25, 0.3) is 5.69 Å². The van der Waals surface area contributed by atoms with E-state index in [1.807, 2.05) is 13.8 Å². The van der Waals surface area contributed by atoms with Crippen LogP contribution in [0.5, 0.6) is 0 Å². The van der Waals surface area contributed by atoms with Crippen molar-refractivity contribution in [1.82, 2.24) is 4.90 Å². The molecule has 0 bridgehead atoms. The fourth-order valence-corrected chi connectivity index (χ4v) is 2.71. The van der Waals surface area contributed by atoms with Gasteiger partial charge in [-0.3, -0.25) is 15.0 Å². The van der Waals surface area contributed by atoms with E-state index in [2.05, 4.69) is 4.90 Å². The van der Waals surface area contributed by atoms with Crippen molar-refractivity contribution in [3.63, 3.8) is 0 Å². The van der Waals surface area contributed by atoms with Crippen LogP contribution in [-0.2, 0) is 12.7 Å². The molecular weight excluding hydrogens is 285 g/mol. The van der Waals surface area contributed by atoms with Crippen molar-refractivity contribution < 1.29 is 18.1 Å². The number of nitro groups is 1. The Bertz CT molecular complexity index is 556. The molecule has 0 atom stereocenters. The first kappa shape index (κ1) is 15.8. The van der Waals surface area contributed by atoms with Gasteiger partial charge in [0, 0.05) is 24.2 Å². The molecule has 0 spiro atoms. The summed E-state index contributed by atoms with van der Waals surface area (Å²) in [7, 11) is 0. The first-order chi connectivity index (χ1) is 9.59. The van der Waals surface area contributed by atoms with Crippen LogP contribution >= 0.6 is 0 Å². The third-order valence-corrected chi connectivity index (χ3v) is 3.96. The quantitative estimate of drug-likeness (QED) is 0.626. The van der Waals surface area contributed by atoms with E-state index in [-0.39, 0.29) is 12.1 Å². The van der Waals surface area contributed by atoms with Gasteiger partial charge in [-0.25, -0.2) is 0 Å². The predicted molar refractivity (Wildman–Crippen MR) is 71.8 cm³/mol. The molecule has 1 aromatic rings. The molecule has 1 saturated heterocycles. The molecule has 1 aromatic carbocycles. The van der Waals surface area contributed by atoms with Crippen LogP contribution in [0, 0.1) is 10.1 Å². The van der Waals surface area contributed by atoms with Gasteiger partial charge in [0.2, 0.25) is 0 Å². The van der Waals surface area contributed by atoms with Gasteiger partial charge in [0.05, 0.1) is 10.5 Å². The lowest BCUT2D eigenvalue weighted by atomic mass is 10.0. The van der Waals surface area contributed by atoms with Crippen LogP contribution in [0.2, 0.25) is 0 Å². The maximum atomic E-state index is 12.8. The molecular formula is C14H17F3N2O2. The Morgan fingerprint density at radius 1 is 1.33 bits per heavy atom. The topological polar surface area (TPSA) is 46.4 Å². The summed E-state index contributed by atoms with van der Waals surface area (Å²) in [5.74, 6) is 0. The van der Waals surface area contributed by atoms with E-state index in [1.54, 1.807) is 0 Å². The van der Waals surface area contributed by atoms with Gasteiger partial charge in [-0.1, -0.05) is 0 Å². The van der Waals surface area contributed by atoms with Crippen LogP contribution in [0.15, 0.2) is 18.2 Å². The zero-order valence-corrected chi connectivity index (χ0v) is 11.9. The molecule has 1 aliphatic heterocycles. The predicted octanol–water partition coefficient (Wildman–Crippen LogP) is 3.99. The van der Waals surface area contributed by atoms with Crippen LogP contribution < -0.4 is 0 Å². The van der Waals surface area contributed by atoms with Crippen molar-refractivity contribution in [2.24, 2.45) is 0 Å². The summed E-state index contributed by atoms with van der Waals surface area (Å²) in [6.07, 6.45) is -2.64. The lowest BCUT2D eigenvalue weighted by Crippen LogP contribution is -2.37. The second-order valence-electron chi connectivity index (χ2n) is 5.98. The molecule has 1 fully saturated rings. The lowest BCUT2D eigenvalue weighted by molar-refractivity contribution is -0.385. The highest BCUT2D eigenvalue weighted by Crippen LogP contribution is 2.35. The normalized spacial score (nSPS) is 18.9. The number of nitro benzene ring substituents is 1. The molecule has 0 N–H and O–H groups in total. The smallest absolute Gasteiger partial charge is 0.294 e. The van der Waals surface area contributed by atoms with Crippen molar-refractivity contribution in [1.29, 1.82) is 0 Å². The zero-order valence-electron chi connectivity index (χ0n) is 11.9. The lowest BCUT2D eigenvalue weighted by Gasteiger charge is -2.31. The van der Waals surface area contributed by atoms with Crippen LogP contribution in [-0.4, -0.2) is 21.9 Å². The standard InChI is InChI=1S/C14H17F3N2O2/c1-13(2)4-3-5-18(13)9-10-6-11(14(15,16)17)8-12(7-10)19(20)21/h6-8H,3-5,9H2,1-2H3. The fourth-order valence-electron chi connectivity index (χ4n) is 2.71. The maximum Gasteiger partial charge on any atom is 0.416 e. The summed E-state index contributed by atoms with van der Waals surface area (Å²) < 4.78 is 38.5. The summed E-state index contributed by atoms with van der Waals surface area (Å²) in [5, 5.41) is 10.8. The van der Waals surface area contributed by atoms with E-state index < -0.39 is 22.4 Å². The largest absolute Gasteiger partial charge is 0.416 e. The van der Waals surface area contributed by atoms with Crippen molar-refractivity contribution in [3.8, 4) is 0 Å². The molecule has 1 aliphatic rings. The molecule has 21 heavy (non-hydrogen) atoms. The molecule has 2 rings (SSSR count). The second kappa shape index (κ2) is 5.29. The van der Waals surface area contributed by atoms with Gasteiger partial charge < -0.3 is 0 Å². The van der Waals surface area contributed by atoms with E-state index in [0.717, 1.165) is 25.5 Å². The summed E-state index contributed by atoms with van der Waals surface area (Å²) in [4.78, 5) is 12.1. The number of benzene rings is 1. The molecule has 0 aromatic heterocycles. The molecule has 0 saturated carbocycles. The number of hydrogen-bond donors (Lipinski definition) is 0. The van der Waals surface area contributed by atoms with Gasteiger partial charge in [-0.2, -0.15) is 13.2 Å². The minimum atomic E-state index is -4.58.